The summed E-state index contributed by atoms with van der Waals surface area (Å²) in [4.78, 5) is 22.7. The minimum absolute atomic E-state index is 0.239. The normalized spacial score (nSPS) is 10.3. The molecule has 6 heteroatoms. The number of carbonyl (C=O) groups excluding carboxylic acids is 1. The molecule has 0 aliphatic rings. The minimum Gasteiger partial charge on any atom is -0.363 e. The lowest BCUT2D eigenvalue weighted by atomic mass is 10.2. The summed E-state index contributed by atoms with van der Waals surface area (Å²) in [5.74, 6) is 1.14. The van der Waals surface area contributed by atoms with E-state index in [0.717, 1.165) is 11.5 Å². The number of aryl methyl sites for hydroxylation is 1. The van der Waals surface area contributed by atoms with E-state index in [-0.39, 0.29) is 12.5 Å². The monoisotopic (exact) mass is 304 g/mol. The van der Waals surface area contributed by atoms with E-state index in [4.69, 9.17) is 11.6 Å². The van der Waals surface area contributed by atoms with E-state index >= 15 is 0 Å². The van der Waals surface area contributed by atoms with Gasteiger partial charge in [0.25, 0.3) is 5.91 Å². The van der Waals surface area contributed by atoms with Gasteiger partial charge in [-0.05, 0) is 19.1 Å². The number of nitrogens with zero attached hydrogens (tertiary/aromatic N) is 3. The second kappa shape index (κ2) is 6.54. The van der Waals surface area contributed by atoms with Crippen molar-refractivity contribution in [2.24, 2.45) is 0 Å². The van der Waals surface area contributed by atoms with Crippen LogP contribution in [-0.4, -0.2) is 30.0 Å². The van der Waals surface area contributed by atoms with Gasteiger partial charge in [-0.3, -0.25) is 4.79 Å². The Morgan fingerprint density at radius 3 is 2.67 bits per heavy atom. The molecule has 0 radical (unpaired) electrons. The molecule has 1 N–H and O–H groups in total. The van der Waals surface area contributed by atoms with Crippen LogP contribution >= 0.6 is 11.6 Å². The second-order valence-electron chi connectivity index (χ2n) is 4.84. The van der Waals surface area contributed by atoms with Crippen molar-refractivity contribution in [3.8, 4) is 0 Å². The van der Waals surface area contributed by atoms with Crippen molar-refractivity contribution in [1.82, 2.24) is 15.3 Å². The molecule has 2 rings (SSSR count). The van der Waals surface area contributed by atoms with Crippen LogP contribution in [0.5, 0.6) is 0 Å². The number of nitrogens with one attached hydrogen (secondary N) is 1. The van der Waals surface area contributed by atoms with Crippen LogP contribution in [0.15, 0.2) is 30.3 Å². The molecule has 0 fully saturated rings. The zero-order valence-electron chi connectivity index (χ0n) is 12.2. The molecule has 0 saturated heterocycles. The first kappa shape index (κ1) is 15.3. The van der Waals surface area contributed by atoms with Crippen LogP contribution < -0.4 is 10.2 Å². The molecule has 5 nitrogen and oxygen atoms in total. The van der Waals surface area contributed by atoms with Gasteiger partial charge >= 0.3 is 0 Å². The van der Waals surface area contributed by atoms with Crippen LogP contribution in [0.1, 0.15) is 21.9 Å². The summed E-state index contributed by atoms with van der Waals surface area (Å²) in [5.41, 5.74) is 1.30. The van der Waals surface area contributed by atoms with Crippen molar-refractivity contribution < 1.29 is 4.79 Å². The molecule has 2 aromatic rings. The van der Waals surface area contributed by atoms with E-state index in [1.54, 1.807) is 24.3 Å². The highest BCUT2D eigenvalue weighted by atomic mass is 35.5. The van der Waals surface area contributed by atoms with Crippen LogP contribution in [0, 0.1) is 6.92 Å². The lowest BCUT2D eigenvalue weighted by Crippen LogP contribution is -2.25. The first-order valence-corrected chi connectivity index (χ1v) is 6.90. The number of hydrogen-bond acceptors (Lipinski definition) is 4. The molecule has 0 unspecified atom stereocenters. The Kier molecular flexibility index (Phi) is 4.75. The zero-order chi connectivity index (χ0) is 15.4. The van der Waals surface area contributed by atoms with Gasteiger partial charge in [0.1, 0.15) is 11.6 Å². The van der Waals surface area contributed by atoms with E-state index in [0.29, 0.717) is 16.4 Å². The summed E-state index contributed by atoms with van der Waals surface area (Å²) >= 11 is 5.99. The summed E-state index contributed by atoms with van der Waals surface area (Å²) in [5, 5.41) is 3.21. The van der Waals surface area contributed by atoms with Gasteiger partial charge in [-0.1, -0.05) is 23.7 Å². The smallest absolute Gasteiger partial charge is 0.253 e. The van der Waals surface area contributed by atoms with E-state index in [2.05, 4.69) is 15.3 Å². The Morgan fingerprint density at radius 2 is 2.00 bits per heavy atom. The highest BCUT2D eigenvalue weighted by Crippen LogP contribution is 2.15. The van der Waals surface area contributed by atoms with Gasteiger partial charge in [-0.2, -0.15) is 0 Å². The molecule has 0 bridgehead atoms. The molecular formula is C15H17ClN4O. The molecule has 1 heterocycles. The van der Waals surface area contributed by atoms with Gasteiger partial charge in [-0.25, -0.2) is 9.97 Å². The number of halogens is 1. The summed E-state index contributed by atoms with van der Waals surface area (Å²) in [7, 11) is 3.82. The van der Waals surface area contributed by atoms with Crippen molar-refractivity contribution in [3.63, 3.8) is 0 Å². The Labute approximate surface area is 129 Å². The molecule has 0 atom stereocenters. The van der Waals surface area contributed by atoms with Crippen LogP contribution in [0.3, 0.4) is 0 Å². The van der Waals surface area contributed by atoms with Crippen molar-refractivity contribution in [2.45, 2.75) is 13.5 Å². The third kappa shape index (κ3) is 3.92. The summed E-state index contributed by atoms with van der Waals surface area (Å²) in [6.45, 7) is 2.15. The fourth-order valence-corrected chi connectivity index (χ4v) is 2.04. The largest absolute Gasteiger partial charge is 0.363 e. The third-order valence-electron chi connectivity index (χ3n) is 2.87. The first-order valence-electron chi connectivity index (χ1n) is 6.52. The first-order chi connectivity index (χ1) is 9.97. The SMILES string of the molecule is Cc1cc(N(C)C)nc(CNC(=O)c2ccccc2Cl)n1. The van der Waals surface area contributed by atoms with Crippen molar-refractivity contribution in [3.05, 3.63) is 52.4 Å². The Hall–Kier alpha value is -2.14. The second-order valence-corrected chi connectivity index (χ2v) is 5.25. The minimum atomic E-state index is -0.239. The average Bonchev–Trinajstić information content (AvgIpc) is 2.44. The van der Waals surface area contributed by atoms with Gasteiger partial charge in [0.05, 0.1) is 17.1 Å². The quantitative estimate of drug-likeness (QED) is 0.942. The van der Waals surface area contributed by atoms with E-state index in [1.807, 2.05) is 32.0 Å². The lowest BCUT2D eigenvalue weighted by molar-refractivity contribution is 0.0950. The molecular weight excluding hydrogens is 288 g/mol. The standard InChI is InChI=1S/C15H17ClN4O/c1-10-8-14(20(2)3)19-13(18-10)9-17-15(21)11-6-4-5-7-12(11)16/h4-8H,9H2,1-3H3,(H,17,21). The third-order valence-corrected chi connectivity index (χ3v) is 3.20. The number of hydrogen-bond donors (Lipinski definition) is 1. The lowest BCUT2D eigenvalue weighted by Gasteiger charge is -2.13. The molecule has 0 aliphatic carbocycles. The number of anilines is 1. The van der Waals surface area contributed by atoms with Crippen LogP contribution in [0.4, 0.5) is 5.82 Å². The maximum absolute atomic E-state index is 12.1. The molecule has 0 spiro atoms. The van der Waals surface area contributed by atoms with Gasteiger partial charge in [0, 0.05) is 25.9 Å². The summed E-state index contributed by atoms with van der Waals surface area (Å²) in [6.07, 6.45) is 0. The molecule has 0 saturated carbocycles. The van der Waals surface area contributed by atoms with E-state index in [9.17, 15) is 4.79 Å². The summed E-state index contributed by atoms with van der Waals surface area (Å²) in [6, 6.07) is 8.81. The van der Waals surface area contributed by atoms with Crippen LogP contribution in [0.25, 0.3) is 0 Å². The number of benzene rings is 1. The number of aromatic nitrogens is 2. The van der Waals surface area contributed by atoms with Gasteiger partial charge in [-0.15, -0.1) is 0 Å². The molecule has 110 valence electrons. The number of carbonyl (C=O) groups is 1. The zero-order valence-corrected chi connectivity index (χ0v) is 13.0. The summed E-state index contributed by atoms with van der Waals surface area (Å²) < 4.78 is 0. The highest BCUT2D eigenvalue weighted by Gasteiger charge is 2.10. The maximum Gasteiger partial charge on any atom is 0.253 e. The highest BCUT2D eigenvalue weighted by molar-refractivity contribution is 6.33. The van der Waals surface area contributed by atoms with Gasteiger partial charge < -0.3 is 10.2 Å². The number of amides is 1. The average molecular weight is 305 g/mol. The van der Waals surface area contributed by atoms with Gasteiger partial charge in [0.15, 0.2) is 0 Å². The van der Waals surface area contributed by atoms with Crippen LogP contribution in [-0.2, 0) is 6.54 Å². The fraction of sp³-hybridized carbons (Fsp3) is 0.267. The fourth-order valence-electron chi connectivity index (χ4n) is 1.82. The van der Waals surface area contributed by atoms with Crippen molar-refractivity contribution in [1.29, 1.82) is 0 Å². The molecule has 0 aliphatic heterocycles. The van der Waals surface area contributed by atoms with Crippen molar-refractivity contribution >= 4 is 23.3 Å². The topological polar surface area (TPSA) is 58.1 Å². The maximum atomic E-state index is 12.1. The van der Waals surface area contributed by atoms with Crippen LogP contribution in [0.2, 0.25) is 5.02 Å². The van der Waals surface area contributed by atoms with E-state index < -0.39 is 0 Å². The predicted molar refractivity (Wildman–Crippen MR) is 83.7 cm³/mol. The molecule has 21 heavy (non-hydrogen) atoms. The molecule has 1 aromatic carbocycles. The number of rotatable bonds is 4. The Balaban J connectivity index is 2.10. The van der Waals surface area contributed by atoms with Gasteiger partial charge in [0.2, 0.25) is 0 Å². The Morgan fingerprint density at radius 1 is 1.29 bits per heavy atom. The predicted octanol–water partition coefficient (Wildman–Crippen LogP) is 2.43. The molecule has 1 amide bonds. The Bertz CT molecular complexity index is 658. The van der Waals surface area contributed by atoms with Crippen molar-refractivity contribution in [2.75, 3.05) is 19.0 Å². The molecule has 1 aromatic heterocycles. The van der Waals surface area contributed by atoms with E-state index in [1.165, 1.54) is 0 Å².